The van der Waals surface area contributed by atoms with Crippen molar-refractivity contribution in [1.82, 2.24) is 0 Å². The van der Waals surface area contributed by atoms with E-state index in [1.807, 2.05) is 0 Å². The van der Waals surface area contributed by atoms with Gasteiger partial charge >= 0.3 is 0 Å². The van der Waals surface area contributed by atoms with Crippen molar-refractivity contribution < 1.29 is 0 Å². The van der Waals surface area contributed by atoms with Crippen LogP contribution in [0.5, 0.6) is 0 Å². The average Bonchev–Trinajstić information content (AvgIpc) is 3.16. The van der Waals surface area contributed by atoms with Crippen LogP contribution in [0.2, 0.25) is 0 Å². The van der Waals surface area contributed by atoms with E-state index in [0.717, 1.165) is 59.2 Å². The fraction of sp³-hybridized carbons (Fsp3) is 1.00. The maximum Gasteiger partial charge on any atom is -0.0321 e. The first-order valence-corrected chi connectivity index (χ1v) is 9.74. The van der Waals surface area contributed by atoms with Gasteiger partial charge in [-0.2, -0.15) is 0 Å². The summed E-state index contributed by atoms with van der Waals surface area (Å²) in [6, 6.07) is 0. The molecule has 0 nitrogen and oxygen atoms in total. The molecule has 4 bridgehead atoms. The van der Waals surface area contributed by atoms with Gasteiger partial charge in [-0.1, -0.05) is 13.8 Å². The van der Waals surface area contributed by atoms with E-state index >= 15 is 0 Å². The van der Waals surface area contributed by atoms with E-state index in [2.05, 4.69) is 13.8 Å². The summed E-state index contributed by atoms with van der Waals surface area (Å²) in [5.41, 5.74) is 0. The van der Waals surface area contributed by atoms with Crippen molar-refractivity contribution in [3.8, 4) is 0 Å². The summed E-state index contributed by atoms with van der Waals surface area (Å²) in [5, 5.41) is 0. The summed E-state index contributed by atoms with van der Waals surface area (Å²) >= 11 is 0. The van der Waals surface area contributed by atoms with Crippen molar-refractivity contribution in [2.24, 2.45) is 59.2 Å². The highest BCUT2D eigenvalue weighted by Gasteiger charge is 2.59. The zero-order valence-corrected chi connectivity index (χ0v) is 13.4. The molecule has 0 aromatic heterocycles. The van der Waals surface area contributed by atoms with Gasteiger partial charge in [-0.3, -0.25) is 0 Å². The number of fused-ring (bicyclic) bond motifs is 10. The third-order valence-electron chi connectivity index (χ3n) is 8.81. The Kier molecular flexibility index (Phi) is 2.67. The predicted octanol–water partition coefficient (Wildman–Crippen LogP) is 5.38. The highest BCUT2D eigenvalue weighted by molar-refractivity contribution is 5.08. The van der Waals surface area contributed by atoms with Crippen LogP contribution in [-0.2, 0) is 0 Å². The number of hydrogen-bond acceptors (Lipinski definition) is 0. The SMILES string of the molecule is CC(C)C1C2C3CCC(C3)C2CCC2C3CCC(C3)C21. The number of hydrogen-bond donors (Lipinski definition) is 0. The number of rotatable bonds is 1. The molecule has 0 N–H and O–H groups in total. The third kappa shape index (κ3) is 1.49. The Morgan fingerprint density at radius 3 is 1.50 bits per heavy atom. The highest BCUT2D eigenvalue weighted by atomic mass is 14.6. The van der Waals surface area contributed by atoms with Gasteiger partial charge in [0.15, 0.2) is 0 Å². The van der Waals surface area contributed by atoms with Gasteiger partial charge in [-0.05, 0) is 111 Å². The fourth-order valence-corrected chi connectivity index (χ4v) is 8.50. The highest BCUT2D eigenvalue weighted by Crippen LogP contribution is 2.67. The standard InChI is InChI=1S/C20H32/c1-11(2)18-19-14-5-3-12(9-14)16(19)7-8-17-13-4-6-15(10-13)20(17)18/h11-20H,3-10H2,1-2H3. The summed E-state index contributed by atoms with van der Waals surface area (Å²) in [7, 11) is 0. The Balaban J connectivity index is 1.55. The van der Waals surface area contributed by atoms with Crippen molar-refractivity contribution >= 4 is 0 Å². The van der Waals surface area contributed by atoms with Gasteiger partial charge < -0.3 is 0 Å². The summed E-state index contributed by atoms with van der Waals surface area (Å²) in [6.07, 6.45) is 12.9. The largest absolute Gasteiger partial charge is 0.0625 e. The first kappa shape index (κ1) is 12.5. The fourth-order valence-electron chi connectivity index (χ4n) is 8.50. The van der Waals surface area contributed by atoms with Gasteiger partial charge in [0.1, 0.15) is 0 Å². The van der Waals surface area contributed by atoms with E-state index in [-0.39, 0.29) is 0 Å². The summed E-state index contributed by atoms with van der Waals surface area (Å²) < 4.78 is 0. The first-order chi connectivity index (χ1) is 9.74. The summed E-state index contributed by atoms with van der Waals surface area (Å²) in [6.45, 7) is 5.14. The molecule has 0 spiro atoms. The molecule has 5 aliphatic rings. The van der Waals surface area contributed by atoms with Crippen molar-refractivity contribution in [1.29, 1.82) is 0 Å². The zero-order valence-electron chi connectivity index (χ0n) is 13.4. The minimum atomic E-state index is 0.951. The zero-order chi connectivity index (χ0) is 13.4. The van der Waals surface area contributed by atoms with Crippen LogP contribution >= 0.6 is 0 Å². The molecule has 5 saturated carbocycles. The van der Waals surface area contributed by atoms with Gasteiger partial charge in [0.2, 0.25) is 0 Å². The Morgan fingerprint density at radius 1 is 0.600 bits per heavy atom. The molecule has 0 aromatic rings. The van der Waals surface area contributed by atoms with Crippen molar-refractivity contribution in [2.75, 3.05) is 0 Å². The van der Waals surface area contributed by atoms with E-state index in [9.17, 15) is 0 Å². The van der Waals surface area contributed by atoms with Crippen LogP contribution in [0, 0.1) is 59.2 Å². The van der Waals surface area contributed by atoms with E-state index in [0.29, 0.717) is 0 Å². The van der Waals surface area contributed by atoms with E-state index in [4.69, 9.17) is 0 Å². The second-order valence-corrected chi connectivity index (χ2v) is 9.55. The summed E-state index contributed by atoms with van der Waals surface area (Å²) in [4.78, 5) is 0. The second kappa shape index (κ2) is 4.26. The molecule has 0 radical (unpaired) electrons. The van der Waals surface area contributed by atoms with Gasteiger partial charge in [-0.25, -0.2) is 0 Å². The third-order valence-corrected chi connectivity index (χ3v) is 8.81. The molecule has 0 amide bonds. The quantitative estimate of drug-likeness (QED) is 0.601. The van der Waals surface area contributed by atoms with Crippen LogP contribution in [0.25, 0.3) is 0 Å². The van der Waals surface area contributed by atoms with Crippen molar-refractivity contribution in [3.05, 3.63) is 0 Å². The van der Waals surface area contributed by atoms with E-state index < -0.39 is 0 Å². The molecular formula is C20H32. The van der Waals surface area contributed by atoms with Gasteiger partial charge in [-0.15, -0.1) is 0 Å². The predicted molar refractivity (Wildman–Crippen MR) is 83.2 cm³/mol. The lowest BCUT2D eigenvalue weighted by Crippen LogP contribution is -2.38. The second-order valence-electron chi connectivity index (χ2n) is 9.55. The lowest BCUT2D eigenvalue weighted by molar-refractivity contribution is 0.0420. The molecule has 8 atom stereocenters. The molecule has 0 heteroatoms. The van der Waals surface area contributed by atoms with Crippen molar-refractivity contribution in [2.45, 2.75) is 65.2 Å². The topological polar surface area (TPSA) is 0 Å². The molecule has 112 valence electrons. The molecule has 8 unspecified atom stereocenters. The molecule has 0 heterocycles. The van der Waals surface area contributed by atoms with Crippen LogP contribution in [-0.4, -0.2) is 0 Å². The van der Waals surface area contributed by atoms with Crippen LogP contribution in [0.1, 0.15) is 65.2 Å². The Bertz CT molecular complexity index is 363. The molecule has 0 saturated heterocycles. The maximum absolute atomic E-state index is 2.57. The Morgan fingerprint density at radius 2 is 1.05 bits per heavy atom. The Hall–Kier alpha value is 0. The van der Waals surface area contributed by atoms with Gasteiger partial charge in [0.05, 0.1) is 0 Å². The molecule has 5 rings (SSSR count). The molecule has 20 heavy (non-hydrogen) atoms. The monoisotopic (exact) mass is 272 g/mol. The molecular weight excluding hydrogens is 240 g/mol. The van der Waals surface area contributed by atoms with Crippen LogP contribution in [0.3, 0.4) is 0 Å². The molecule has 5 aliphatic carbocycles. The summed E-state index contributed by atoms with van der Waals surface area (Å²) in [5.74, 6) is 11.3. The van der Waals surface area contributed by atoms with Crippen LogP contribution < -0.4 is 0 Å². The normalized spacial score (nSPS) is 59.9. The van der Waals surface area contributed by atoms with Crippen LogP contribution in [0.4, 0.5) is 0 Å². The minimum Gasteiger partial charge on any atom is -0.0625 e. The van der Waals surface area contributed by atoms with Crippen LogP contribution in [0.15, 0.2) is 0 Å². The first-order valence-electron chi connectivity index (χ1n) is 9.74. The molecule has 0 aromatic carbocycles. The Labute approximate surface area is 125 Å². The van der Waals surface area contributed by atoms with Gasteiger partial charge in [0.25, 0.3) is 0 Å². The molecule has 5 fully saturated rings. The average molecular weight is 272 g/mol. The lowest BCUT2D eigenvalue weighted by atomic mass is 9.61. The molecule has 0 aliphatic heterocycles. The lowest BCUT2D eigenvalue weighted by Gasteiger charge is -2.44. The smallest absolute Gasteiger partial charge is 0.0321 e. The van der Waals surface area contributed by atoms with Gasteiger partial charge in [0, 0.05) is 0 Å². The maximum atomic E-state index is 2.57. The van der Waals surface area contributed by atoms with E-state index in [1.165, 1.54) is 0 Å². The van der Waals surface area contributed by atoms with Crippen molar-refractivity contribution in [3.63, 3.8) is 0 Å². The van der Waals surface area contributed by atoms with E-state index in [1.54, 1.807) is 51.4 Å². The minimum absolute atomic E-state index is 0.951.